The first kappa shape index (κ1) is 22.2. The number of aromatic amines is 1. The van der Waals surface area contributed by atoms with Crippen molar-refractivity contribution in [3.05, 3.63) is 59.4 Å². The molecule has 2 atom stereocenters. The van der Waals surface area contributed by atoms with Crippen molar-refractivity contribution in [3.8, 4) is 5.69 Å². The maximum absolute atomic E-state index is 14.4. The monoisotopic (exact) mass is 481 g/mol. The minimum absolute atomic E-state index is 0.104. The molecular weight excluding hydrogens is 456 g/mol. The number of halogens is 2. The molecule has 0 amide bonds. The third kappa shape index (κ3) is 3.52. The summed E-state index contributed by atoms with van der Waals surface area (Å²) < 4.78 is 41.8. The van der Waals surface area contributed by atoms with E-state index in [1.54, 1.807) is 19.2 Å². The van der Waals surface area contributed by atoms with E-state index in [-0.39, 0.29) is 18.4 Å². The Kier molecular flexibility index (Phi) is 5.16. The molecule has 2 aliphatic heterocycles. The number of benzene rings is 2. The van der Waals surface area contributed by atoms with Crippen LogP contribution >= 0.6 is 0 Å². The van der Waals surface area contributed by atoms with Crippen LogP contribution in [-0.2, 0) is 14.3 Å². The maximum atomic E-state index is 14.4. The lowest BCUT2D eigenvalue weighted by molar-refractivity contribution is -0.157. The molecule has 0 aliphatic carbocycles. The zero-order valence-electron chi connectivity index (χ0n) is 19.2. The number of fused-ring (bicyclic) bond motifs is 2. The molecule has 0 saturated carbocycles. The smallest absolute Gasteiger partial charge is 0.335 e. The Morgan fingerprint density at radius 2 is 1.97 bits per heavy atom. The second kappa shape index (κ2) is 8.13. The Morgan fingerprint density at radius 1 is 1.17 bits per heavy atom. The molecule has 2 aromatic heterocycles. The molecule has 0 radical (unpaired) electrons. The van der Waals surface area contributed by atoms with Gasteiger partial charge in [0.2, 0.25) is 0 Å². The summed E-state index contributed by atoms with van der Waals surface area (Å²) in [5.41, 5.74) is 2.90. The summed E-state index contributed by atoms with van der Waals surface area (Å²) >= 11 is 0. The number of hydrogen-bond acceptors (Lipinski definition) is 4. The van der Waals surface area contributed by atoms with Crippen molar-refractivity contribution in [1.82, 2.24) is 14.8 Å². The minimum atomic E-state index is -1.29. The quantitative estimate of drug-likeness (QED) is 0.427. The van der Waals surface area contributed by atoms with E-state index in [4.69, 9.17) is 9.47 Å². The van der Waals surface area contributed by atoms with Gasteiger partial charge in [-0.3, -0.25) is 5.10 Å². The van der Waals surface area contributed by atoms with Crippen molar-refractivity contribution in [3.63, 3.8) is 0 Å². The molecule has 7 nitrogen and oxygen atoms in total. The number of H-pyrrole nitrogens is 1. The second-order valence-electron chi connectivity index (χ2n) is 9.69. The average molecular weight is 481 g/mol. The number of carbonyl (C=O) groups is 1. The van der Waals surface area contributed by atoms with Gasteiger partial charge >= 0.3 is 5.97 Å². The number of ether oxygens (including phenoxy) is 2. The molecule has 2 fully saturated rings. The van der Waals surface area contributed by atoms with E-state index in [0.717, 1.165) is 52.0 Å². The molecule has 182 valence electrons. The highest BCUT2D eigenvalue weighted by Gasteiger charge is 2.45. The Morgan fingerprint density at radius 3 is 2.69 bits per heavy atom. The summed E-state index contributed by atoms with van der Waals surface area (Å²) in [6.45, 7) is 3.06. The second-order valence-corrected chi connectivity index (χ2v) is 9.69. The Hall–Kier alpha value is -3.30. The van der Waals surface area contributed by atoms with Gasteiger partial charge in [0.1, 0.15) is 0 Å². The molecule has 0 bridgehead atoms. The molecule has 6 rings (SSSR count). The van der Waals surface area contributed by atoms with Gasteiger partial charge in [-0.1, -0.05) is 0 Å². The van der Waals surface area contributed by atoms with Gasteiger partial charge in [0.05, 0.1) is 23.8 Å². The first-order valence-corrected chi connectivity index (χ1v) is 11.8. The molecular formula is C26H25F2N3O4. The third-order valence-corrected chi connectivity index (χ3v) is 7.47. The number of aromatic nitrogens is 3. The van der Waals surface area contributed by atoms with Crippen molar-refractivity contribution in [2.75, 3.05) is 19.8 Å². The largest absolute Gasteiger partial charge is 0.479 e. The van der Waals surface area contributed by atoms with Gasteiger partial charge in [-0.05, 0) is 56.0 Å². The summed E-state index contributed by atoms with van der Waals surface area (Å²) in [4.78, 5) is 11.9. The van der Waals surface area contributed by atoms with E-state index in [9.17, 15) is 18.7 Å². The summed E-state index contributed by atoms with van der Waals surface area (Å²) in [5.74, 6) is -2.89. The van der Waals surface area contributed by atoms with E-state index in [0.29, 0.717) is 25.3 Å². The number of nitrogens with zero attached hydrogens (tertiary/aromatic N) is 2. The van der Waals surface area contributed by atoms with Gasteiger partial charge in [0, 0.05) is 53.3 Å². The molecule has 4 heterocycles. The Balaban J connectivity index is 1.67. The fraction of sp³-hybridized carbons (Fsp3) is 0.385. The first-order chi connectivity index (χ1) is 16.9. The molecule has 0 spiro atoms. The van der Waals surface area contributed by atoms with Crippen LogP contribution in [0.5, 0.6) is 0 Å². The lowest BCUT2D eigenvalue weighted by Gasteiger charge is -2.27. The lowest BCUT2D eigenvalue weighted by atomic mass is 9.84. The molecule has 2 N–H and O–H groups in total. The van der Waals surface area contributed by atoms with Crippen molar-refractivity contribution >= 4 is 27.8 Å². The number of rotatable bonds is 4. The molecule has 2 aliphatic rings. The summed E-state index contributed by atoms with van der Waals surface area (Å²) in [7, 11) is 0. The highest BCUT2D eigenvalue weighted by molar-refractivity contribution is 5.99. The number of carboxylic acid groups (broad SMARTS) is 1. The standard InChI is InChI=1S/C26H25F2N3O4/c1-26(25(32)33)11-16(13-35-26)23-18-10-21-15(12-29-30-21)8-22(18)31(17-2-3-19(27)20(28)9-17)24(23)14-4-6-34-7-5-14/h2-3,8-10,12,14,16H,4-7,11,13H2,1H3,(H,29,30)(H,32,33)/t16?,26-/m0/s1. The highest BCUT2D eigenvalue weighted by Crippen LogP contribution is 2.47. The van der Waals surface area contributed by atoms with Gasteiger partial charge < -0.3 is 19.1 Å². The van der Waals surface area contributed by atoms with E-state index >= 15 is 0 Å². The van der Waals surface area contributed by atoms with E-state index in [2.05, 4.69) is 10.2 Å². The fourth-order valence-electron chi connectivity index (χ4n) is 5.68. The van der Waals surface area contributed by atoms with Gasteiger partial charge in [-0.25, -0.2) is 13.6 Å². The highest BCUT2D eigenvalue weighted by atomic mass is 19.2. The average Bonchev–Trinajstić information content (AvgIpc) is 3.55. The fourth-order valence-corrected chi connectivity index (χ4v) is 5.68. The normalized spacial score (nSPS) is 23.5. The van der Waals surface area contributed by atoms with Crippen molar-refractivity contribution in [1.29, 1.82) is 0 Å². The summed E-state index contributed by atoms with van der Waals surface area (Å²) in [5, 5.41) is 18.8. The van der Waals surface area contributed by atoms with E-state index in [1.807, 2.05) is 16.7 Å². The summed E-state index contributed by atoms with van der Waals surface area (Å²) in [6.07, 6.45) is 3.59. The molecule has 1 unspecified atom stereocenters. The zero-order chi connectivity index (χ0) is 24.3. The van der Waals surface area contributed by atoms with Crippen LogP contribution in [0.2, 0.25) is 0 Å². The van der Waals surface area contributed by atoms with Crippen molar-refractivity contribution in [2.45, 2.75) is 43.6 Å². The van der Waals surface area contributed by atoms with Gasteiger partial charge in [0.25, 0.3) is 0 Å². The Bertz CT molecular complexity index is 1460. The van der Waals surface area contributed by atoms with Crippen LogP contribution in [0.3, 0.4) is 0 Å². The minimum Gasteiger partial charge on any atom is -0.479 e. The first-order valence-electron chi connectivity index (χ1n) is 11.8. The summed E-state index contributed by atoms with van der Waals surface area (Å²) in [6, 6.07) is 7.95. The number of aliphatic carboxylic acids is 1. The topological polar surface area (TPSA) is 89.4 Å². The van der Waals surface area contributed by atoms with Crippen LogP contribution in [0.15, 0.2) is 36.5 Å². The van der Waals surface area contributed by atoms with Crippen LogP contribution in [-0.4, -0.2) is 51.3 Å². The lowest BCUT2D eigenvalue weighted by Crippen LogP contribution is -2.34. The number of hydrogen-bond donors (Lipinski definition) is 2. The molecule has 4 aromatic rings. The van der Waals surface area contributed by atoms with Gasteiger partial charge in [-0.2, -0.15) is 5.10 Å². The zero-order valence-corrected chi connectivity index (χ0v) is 19.2. The maximum Gasteiger partial charge on any atom is 0.335 e. The molecule has 35 heavy (non-hydrogen) atoms. The van der Waals surface area contributed by atoms with Gasteiger partial charge in [0.15, 0.2) is 17.2 Å². The third-order valence-electron chi connectivity index (χ3n) is 7.47. The number of carboxylic acids is 1. The number of nitrogens with one attached hydrogen (secondary N) is 1. The van der Waals surface area contributed by atoms with Crippen LogP contribution in [0, 0.1) is 11.6 Å². The predicted octanol–water partition coefficient (Wildman–Crippen LogP) is 5.03. The van der Waals surface area contributed by atoms with Crippen molar-refractivity contribution in [2.24, 2.45) is 0 Å². The van der Waals surface area contributed by atoms with Crippen LogP contribution in [0.1, 0.15) is 49.3 Å². The molecule has 9 heteroatoms. The van der Waals surface area contributed by atoms with E-state index in [1.165, 1.54) is 6.07 Å². The van der Waals surface area contributed by atoms with Crippen molar-refractivity contribution < 1.29 is 28.2 Å². The Labute approximate surface area is 199 Å². The van der Waals surface area contributed by atoms with Crippen LogP contribution < -0.4 is 0 Å². The predicted molar refractivity (Wildman–Crippen MR) is 125 cm³/mol. The van der Waals surface area contributed by atoms with Gasteiger partial charge in [-0.15, -0.1) is 0 Å². The molecule has 2 aromatic carbocycles. The SMILES string of the molecule is C[C@@]1(C(=O)O)CC(c2c(C3CCOCC3)n(-c3ccc(F)c(F)c3)c3cc4cn[nH]c4cc23)CO1. The molecule has 2 saturated heterocycles. The van der Waals surface area contributed by atoms with Crippen LogP contribution in [0.4, 0.5) is 8.78 Å². The van der Waals surface area contributed by atoms with E-state index < -0.39 is 23.2 Å². The van der Waals surface area contributed by atoms with Crippen LogP contribution in [0.25, 0.3) is 27.5 Å².